The molecule has 0 aromatic carbocycles. The van der Waals surface area contributed by atoms with Crippen molar-refractivity contribution in [3.8, 4) is 0 Å². The predicted octanol–water partition coefficient (Wildman–Crippen LogP) is 1.11. The molecule has 2 unspecified atom stereocenters. The van der Waals surface area contributed by atoms with Gasteiger partial charge in [-0.25, -0.2) is 18.7 Å². The van der Waals surface area contributed by atoms with Crippen LogP contribution in [0.5, 0.6) is 0 Å². The Labute approximate surface area is 109 Å². The second-order valence-electron chi connectivity index (χ2n) is 3.50. The summed E-state index contributed by atoms with van der Waals surface area (Å²) in [6, 6.07) is 0. The minimum absolute atomic E-state index is 0.0176. The van der Waals surface area contributed by atoms with Crippen LogP contribution in [0, 0.1) is 10.1 Å². The van der Waals surface area contributed by atoms with E-state index in [4.69, 9.17) is 4.42 Å². The van der Waals surface area contributed by atoms with Crippen LogP contribution in [0.3, 0.4) is 0 Å². The molecule has 0 saturated carbocycles. The van der Waals surface area contributed by atoms with Crippen LogP contribution in [-0.2, 0) is 17.6 Å². The Kier molecular flexibility index (Phi) is 3.71. The van der Waals surface area contributed by atoms with E-state index in [1.165, 1.54) is 17.0 Å². The van der Waals surface area contributed by atoms with Gasteiger partial charge < -0.3 is 19.1 Å². The van der Waals surface area contributed by atoms with E-state index in [2.05, 4.69) is 9.97 Å². The summed E-state index contributed by atoms with van der Waals surface area (Å²) in [6.07, 6.45) is 3.62. The molecule has 0 aliphatic heterocycles. The van der Waals surface area contributed by atoms with E-state index in [0.717, 1.165) is 6.20 Å². The molecule has 1 N–H and O–H groups in total. The highest BCUT2D eigenvalue weighted by molar-refractivity contribution is 7.79. The summed E-state index contributed by atoms with van der Waals surface area (Å²) in [6.45, 7) is 1.91. The van der Waals surface area contributed by atoms with E-state index in [0.29, 0.717) is 0 Å². The van der Waals surface area contributed by atoms with Gasteiger partial charge in [-0.2, -0.15) is 0 Å². The molecule has 19 heavy (non-hydrogen) atoms. The normalized spacial score (nSPS) is 14.2. The van der Waals surface area contributed by atoms with Crippen molar-refractivity contribution in [2.45, 2.75) is 18.7 Å². The second kappa shape index (κ2) is 5.28. The Bertz CT molecular complexity index is 608. The first-order chi connectivity index (χ1) is 9.06. The van der Waals surface area contributed by atoms with Crippen LogP contribution >= 0.6 is 0 Å². The molecule has 0 bridgehead atoms. The number of oxazole rings is 1. The molecule has 2 atom stereocenters. The predicted molar refractivity (Wildman–Crippen MR) is 63.7 cm³/mol. The molecule has 2 rings (SSSR count). The highest BCUT2D eigenvalue weighted by atomic mass is 32.2. The summed E-state index contributed by atoms with van der Waals surface area (Å²) < 4.78 is 27.0. The topological polar surface area (TPSA) is 124 Å². The number of imidazole rings is 1. The van der Waals surface area contributed by atoms with Gasteiger partial charge in [-0.15, -0.1) is 0 Å². The second-order valence-corrected chi connectivity index (χ2v) is 4.53. The molecule has 0 fully saturated rings. The highest BCUT2D eigenvalue weighted by Crippen LogP contribution is 2.28. The zero-order chi connectivity index (χ0) is 14.0. The summed E-state index contributed by atoms with van der Waals surface area (Å²) in [7, 11) is 0. The van der Waals surface area contributed by atoms with Gasteiger partial charge >= 0.3 is 5.82 Å². The standard InChI is InChI=1S/C9H10N4O5S/c1-2-12-6(13(14)15)5-11-8(12)7(19(16)17)9-10-3-4-18-9/h3-5,7H,2H2,1H3,(H,16,17). The molecule has 0 aliphatic rings. The van der Waals surface area contributed by atoms with Gasteiger partial charge in [0.05, 0.1) is 12.7 Å². The lowest BCUT2D eigenvalue weighted by atomic mass is 10.4. The summed E-state index contributed by atoms with van der Waals surface area (Å²) >= 11 is -2.36. The molecule has 0 radical (unpaired) electrons. The average Bonchev–Trinajstić information content (AvgIpc) is 2.98. The first kappa shape index (κ1) is 13.4. The van der Waals surface area contributed by atoms with Crippen LogP contribution in [0.1, 0.15) is 23.9 Å². The number of nitro groups is 1. The SMILES string of the molecule is CCn1c([N+](=O)[O-])cnc1C(c1ncco1)S(=O)O. The van der Waals surface area contributed by atoms with Crippen molar-refractivity contribution in [2.75, 3.05) is 0 Å². The van der Waals surface area contributed by atoms with Gasteiger partial charge in [0, 0.05) is 0 Å². The number of rotatable bonds is 5. The lowest BCUT2D eigenvalue weighted by molar-refractivity contribution is -0.392. The van der Waals surface area contributed by atoms with Crippen molar-refractivity contribution in [2.24, 2.45) is 0 Å². The van der Waals surface area contributed by atoms with Crippen LogP contribution < -0.4 is 0 Å². The maximum atomic E-state index is 11.4. The van der Waals surface area contributed by atoms with Crippen LogP contribution in [0.15, 0.2) is 23.1 Å². The van der Waals surface area contributed by atoms with E-state index in [-0.39, 0.29) is 24.1 Å². The third-order valence-corrected chi connectivity index (χ3v) is 3.30. The maximum absolute atomic E-state index is 11.4. The van der Waals surface area contributed by atoms with Crippen molar-refractivity contribution < 1.29 is 18.1 Å². The Hall–Kier alpha value is -2.07. The maximum Gasteiger partial charge on any atom is 0.342 e. The molecule has 0 spiro atoms. The molecule has 0 saturated heterocycles. The molecule has 0 amide bonds. The Balaban J connectivity index is 2.55. The summed E-state index contributed by atoms with van der Waals surface area (Å²) in [5.74, 6) is -0.201. The Morgan fingerprint density at radius 2 is 2.37 bits per heavy atom. The van der Waals surface area contributed by atoms with Crippen molar-refractivity contribution >= 4 is 16.9 Å². The van der Waals surface area contributed by atoms with Gasteiger partial charge in [0.1, 0.15) is 12.5 Å². The zero-order valence-corrected chi connectivity index (χ0v) is 10.6. The van der Waals surface area contributed by atoms with Crippen molar-refractivity contribution in [1.29, 1.82) is 0 Å². The molecular weight excluding hydrogens is 276 g/mol. The minimum atomic E-state index is -2.36. The number of hydrogen-bond donors (Lipinski definition) is 1. The lowest BCUT2D eigenvalue weighted by Gasteiger charge is -2.07. The third kappa shape index (κ3) is 2.39. The van der Waals surface area contributed by atoms with E-state index in [1.54, 1.807) is 6.92 Å². The molecule has 102 valence electrons. The molecule has 9 nitrogen and oxygen atoms in total. The first-order valence-electron chi connectivity index (χ1n) is 5.25. The van der Waals surface area contributed by atoms with E-state index in [9.17, 15) is 18.9 Å². The van der Waals surface area contributed by atoms with Crippen LogP contribution in [0.25, 0.3) is 0 Å². The minimum Gasteiger partial charge on any atom is -0.447 e. The number of nitrogens with zero attached hydrogens (tertiary/aromatic N) is 4. The van der Waals surface area contributed by atoms with Crippen LogP contribution in [0.2, 0.25) is 0 Å². The monoisotopic (exact) mass is 286 g/mol. The number of aromatic nitrogens is 3. The van der Waals surface area contributed by atoms with Crippen LogP contribution in [-0.4, -0.2) is 28.2 Å². The van der Waals surface area contributed by atoms with Gasteiger partial charge in [-0.3, -0.25) is 0 Å². The molecular formula is C9H10N4O5S. The quantitative estimate of drug-likeness (QED) is 0.495. The van der Waals surface area contributed by atoms with Gasteiger partial charge in [-0.05, 0) is 11.8 Å². The van der Waals surface area contributed by atoms with E-state index >= 15 is 0 Å². The lowest BCUT2D eigenvalue weighted by Crippen LogP contribution is -2.15. The smallest absolute Gasteiger partial charge is 0.342 e. The van der Waals surface area contributed by atoms with Crippen molar-refractivity contribution in [3.63, 3.8) is 0 Å². The third-order valence-electron chi connectivity index (χ3n) is 2.48. The number of hydrogen-bond acceptors (Lipinski definition) is 6. The molecule has 0 aliphatic carbocycles. The van der Waals surface area contributed by atoms with Gasteiger partial charge in [0.2, 0.25) is 17.0 Å². The van der Waals surface area contributed by atoms with Crippen molar-refractivity contribution in [3.05, 3.63) is 40.5 Å². The summed E-state index contributed by atoms with van der Waals surface area (Å²) in [5, 5.41) is 9.68. The molecule has 2 heterocycles. The van der Waals surface area contributed by atoms with Gasteiger partial charge in [-0.1, -0.05) is 0 Å². The van der Waals surface area contributed by atoms with E-state index < -0.39 is 21.3 Å². The summed E-state index contributed by atoms with van der Waals surface area (Å²) in [4.78, 5) is 17.9. The molecule has 2 aromatic heterocycles. The average molecular weight is 286 g/mol. The Morgan fingerprint density at radius 3 is 2.84 bits per heavy atom. The fraction of sp³-hybridized carbons (Fsp3) is 0.333. The first-order valence-corrected chi connectivity index (χ1v) is 6.42. The fourth-order valence-corrected chi connectivity index (χ4v) is 2.37. The Morgan fingerprint density at radius 1 is 1.63 bits per heavy atom. The molecule has 2 aromatic rings. The van der Waals surface area contributed by atoms with Gasteiger partial charge in [0.15, 0.2) is 11.1 Å². The largest absolute Gasteiger partial charge is 0.447 e. The fourth-order valence-electron chi connectivity index (χ4n) is 1.71. The zero-order valence-electron chi connectivity index (χ0n) is 9.79. The highest BCUT2D eigenvalue weighted by Gasteiger charge is 2.34. The van der Waals surface area contributed by atoms with Crippen molar-refractivity contribution in [1.82, 2.24) is 14.5 Å². The van der Waals surface area contributed by atoms with Gasteiger partial charge in [0.25, 0.3) is 0 Å². The van der Waals surface area contributed by atoms with Crippen LogP contribution in [0.4, 0.5) is 5.82 Å². The summed E-state index contributed by atoms with van der Waals surface area (Å²) in [5.41, 5.74) is 0. The molecule has 10 heteroatoms. The van der Waals surface area contributed by atoms with E-state index in [1.807, 2.05) is 0 Å².